The number of hydrogen-bond acceptors (Lipinski definition) is 3. The van der Waals surface area contributed by atoms with Gasteiger partial charge in [0.1, 0.15) is 5.69 Å². The lowest BCUT2D eigenvalue weighted by molar-refractivity contribution is 0.0895. The Balaban J connectivity index is 1.96. The van der Waals surface area contributed by atoms with Gasteiger partial charge in [0, 0.05) is 18.3 Å². The van der Waals surface area contributed by atoms with E-state index in [1.54, 1.807) is 12.3 Å². The predicted molar refractivity (Wildman–Crippen MR) is 71.5 cm³/mol. The van der Waals surface area contributed by atoms with E-state index in [1.165, 1.54) is 12.8 Å². The molecule has 0 spiro atoms. The number of nitrogens with zero attached hydrogens (tertiary/aromatic N) is 2. The van der Waals surface area contributed by atoms with Crippen LogP contribution in [0.3, 0.4) is 0 Å². The van der Waals surface area contributed by atoms with Crippen LogP contribution in [0.25, 0.3) is 0 Å². The molecule has 0 aliphatic heterocycles. The summed E-state index contributed by atoms with van der Waals surface area (Å²) in [5, 5.41) is 3.02. The average Bonchev–Trinajstić information content (AvgIpc) is 2.87. The van der Waals surface area contributed by atoms with Gasteiger partial charge < -0.3 is 10.2 Å². The standard InChI is InChI=1S/C14H21N3O/c1-17(2)14(8-4-5-9-14)11-16-13(18)12-7-3-6-10-15-12/h3,6-7,10H,4-5,8-9,11H2,1-2H3,(H,16,18). The molecule has 1 N–H and O–H groups in total. The van der Waals surface area contributed by atoms with Gasteiger partial charge in [-0.1, -0.05) is 18.9 Å². The smallest absolute Gasteiger partial charge is 0.269 e. The summed E-state index contributed by atoms with van der Waals surface area (Å²) in [5.41, 5.74) is 0.620. The van der Waals surface area contributed by atoms with Crippen molar-refractivity contribution in [3.8, 4) is 0 Å². The molecular weight excluding hydrogens is 226 g/mol. The van der Waals surface area contributed by atoms with E-state index >= 15 is 0 Å². The number of pyridine rings is 1. The summed E-state index contributed by atoms with van der Waals surface area (Å²) in [7, 11) is 4.19. The van der Waals surface area contributed by atoms with Gasteiger partial charge in [-0.05, 0) is 39.1 Å². The zero-order chi connectivity index (χ0) is 13.0. The molecule has 1 aliphatic rings. The molecule has 4 nitrogen and oxygen atoms in total. The highest BCUT2D eigenvalue weighted by molar-refractivity contribution is 5.92. The molecule has 0 saturated heterocycles. The van der Waals surface area contributed by atoms with E-state index in [0.717, 1.165) is 12.8 Å². The quantitative estimate of drug-likeness (QED) is 0.880. The molecule has 1 heterocycles. The van der Waals surface area contributed by atoms with Crippen LogP contribution in [0, 0.1) is 0 Å². The number of amides is 1. The molecule has 18 heavy (non-hydrogen) atoms. The number of rotatable bonds is 4. The zero-order valence-electron chi connectivity index (χ0n) is 11.1. The second-order valence-corrected chi connectivity index (χ2v) is 5.22. The predicted octanol–water partition coefficient (Wildman–Crippen LogP) is 1.69. The lowest BCUT2D eigenvalue weighted by Crippen LogP contribution is -2.50. The van der Waals surface area contributed by atoms with Crippen molar-refractivity contribution in [2.45, 2.75) is 31.2 Å². The Morgan fingerprint density at radius 3 is 2.67 bits per heavy atom. The monoisotopic (exact) mass is 247 g/mol. The van der Waals surface area contributed by atoms with E-state index < -0.39 is 0 Å². The third-order valence-corrected chi connectivity index (χ3v) is 3.96. The van der Waals surface area contributed by atoms with Gasteiger partial charge in [0.2, 0.25) is 0 Å². The molecule has 0 unspecified atom stereocenters. The zero-order valence-corrected chi connectivity index (χ0v) is 11.1. The van der Waals surface area contributed by atoms with Crippen molar-refractivity contribution in [3.63, 3.8) is 0 Å². The molecule has 1 fully saturated rings. The Hall–Kier alpha value is -1.42. The van der Waals surface area contributed by atoms with Crippen LogP contribution in [-0.4, -0.2) is 42.0 Å². The van der Waals surface area contributed by atoms with Gasteiger partial charge in [-0.25, -0.2) is 0 Å². The van der Waals surface area contributed by atoms with Crippen LogP contribution in [0.2, 0.25) is 0 Å². The summed E-state index contributed by atoms with van der Waals surface area (Å²) in [5.74, 6) is -0.0799. The highest BCUT2D eigenvalue weighted by Gasteiger charge is 2.36. The summed E-state index contributed by atoms with van der Waals surface area (Å²) in [4.78, 5) is 18.3. The fourth-order valence-electron chi connectivity index (χ4n) is 2.65. The topological polar surface area (TPSA) is 45.2 Å². The van der Waals surface area contributed by atoms with E-state index in [9.17, 15) is 4.79 Å². The van der Waals surface area contributed by atoms with Crippen molar-refractivity contribution in [1.29, 1.82) is 0 Å². The van der Waals surface area contributed by atoms with Crippen molar-refractivity contribution in [3.05, 3.63) is 30.1 Å². The molecule has 1 aromatic rings. The lowest BCUT2D eigenvalue weighted by Gasteiger charge is -2.36. The van der Waals surface area contributed by atoms with Gasteiger partial charge in [0.25, 0.3) is 5.91 Å². The Kier molecular flexibility index (Phi) is 3.97. The summed E-state index contributed by atoms with van der Waals surface area (Å²) in [6, 6.07) is 5.39. The maximum absolute atomic E-state index is 12.0. The van der Waals surface area contributed by atoms with Crippen molar-refractivity contribution in [2.75, 3.05) is 20.6 Å². The van der Waals surface area contributed by atoms with Crippen molar-refractivity contribution >= 4 is 5.91 Å². The molecule has 0 radical (unpaired) electrons. The number of aromatic nitrogens is 1. The second-order valence-electron chi connectivity index (χ2n) is 5.22. The van der Waals surface area contributed by atoms with Crippen LogP contribution >= 0.6 is 0 Å². The van der Waals surface area contributed by atoms with Gasteiger partial charge in [0.05, 0.1) is 0 Å². The van der Waals surface area contributed by atoms with E-state index in [-0.39, 0.29) is 11.4 Å². The number of carbonyl (C=O) groups is 1. The SMILES string of the molecule is CN(C)C1(CNC(=O)c2ccccn2)CCCC1. The maximum atomic E-state index is 12.0. The molecule has 1 saturated carbocycles. The average molecular weight is 247 g/mol. The van der Waals surface area contributed by atoms with Crippen LogP contribution in [0.15, 0.2) is 24.4 Å². The number of likely N-dealkylation sites (N-methyl/N-ethyl adjacent to an activating group) is 1. The highest BCUT2D eigenvalue weighted by atomic mass is 16.1. The number of carbonyl (C=O) groups excluding carboxylic acids is 1. The Morgan fingerprint density at radius 1 is 1.39 bits per heavy atom. The first kappa shape index (κ1) is 13.0. The van der Waals surface area contributed by atoms with Crippen molar-refractivity contribution in [2.24, 2.45) is 0 Å². The first-order chi connectivity index (χ1) is 8.64. The second kappa shape index (κ2) is 5.48. The van der Waals surface area contributed by atoms with Crippen LogP contribution in [0.4, 0.5) is 0 Å². The summed E-state index contributed by atoms with van der Waals surface area (Å²) >= 11 is 0. The molecule has 98 valence electrons. The molecule has 1 aromatic heterocycles. The molecule has 1 aliphatic carbocycles. The Labute approximate surface area is 108 Å². The van der Waals surface area contributed by atoms with Crippen molar-refractivity contribution < 1.29 is 4.79 Å². The first-order valence-electron chi connectivity index (χ1n) is 6.51. The fourth-order valence-corrected chi connectivity index (χ4v) is 2.65. The summed E-state index contributed by atoms with van der Waals surface area (Å²) in [6.07, 6.45) is 6.45. The summed E-state index contributed by atoms with van der Waals surface area (Å²) in [6.45, 7) is 0.704. The minimum absolute atomic E-state index is 0.0799. The normalized spacial score (nSPS) is 17.9. The van der Waals surface area contributed by atoms with Crippen LogP contribution in [-0.2, 0) is 0 Å². The molecular formula is C14H21N3O. The molecule has 2 rings (SSSR count). The highest BCUT2D eigenvalue weighted by Crippen LogP contribution is 2.33. The molecule has 0 atom stereocenters. The van der Waals surface area contributed by atoms with E-state index in [2.05, 4.69) is 29.3 Å². The molecule has 0 aromatic carbocycles. The van der Waals surface area contributed by atoms with Gasteiger partial charge >= 0.3 is 0 Å². The lowest BCUT2D eigenvalue weighted by atomic mass is 9.96. The molecule has 4 heteroatoms. The van der Waals surface area contributed by atoms with Crippen molar-refractivity contribution in [1.82, 2.24) is 15.2 Å². The maximum Gasteiger partial charge on any atom is 0.269 e. The molecule has 0 bridgehead atoms. The number of hydrogen-bond donors (Lipinski definition) is 1. The first-order valence-corrected chi connectivity index (χ1v) is 6.51. The van der Waals surface area contributed by atoms with E-state index in [4.69, 9.17) is 0 Å². The van der Waals surface area contributed by atoms with Gasteiger partial charge in [0.15, 0.2) is 0 Å². The van der Waals surface area contributed by atoms with Gasteiger partial charge in [-0.2, -0.15) is 0 Å². The number of nitrogens with one attached hydrogen (secondary N) is 1. The van der Waals surface area contributed by atoms with Crippen LogP contribution in [0.5, 0.6) is 0 Å². The minimum Gasteiger partial charge on any atom is -0.349 e. The van der Waals surface area contributed by atoms with Gasteiger partial charge in [-0.3, -0.25) is 9.78 Å². The minimum atomic E-state index is -0.0799. The van der Waals surface area contributed by atoms with Crippen LogP contribution < -0.4 is 5.32 Å². The molecule has 1 amide bonds. The Bertz CT molecular complexity index is 397. The van der Waals surface area contributed by atoms with Crippen LogP contribution in [0.1, 0.15) is 36.2 Å². The third kappa shape index (κ3) is 2.70. The van der Waals surface area contributed by atoms with E-state index in [1.807, 2.05) is 12.1 Å². The van der Waals surface area contributed by atoms with E-state index in [0.29, 0.717) is 12.2 Å². The largest absolute Gasteiger partial charge is 0.349 e. The Morgan fingerprint density at radius 2 is 2.11 bits per heavy atom. The van der Waals surface area contributed by atoms with Gasteiger partial charge in [-0.15, -0.1) is 0 Å². The fraction of sp³-hybridized carbons (Fsp3) is 0.571. The third-order valence-electron chi connectivity index (χ3n) is 3.96. The summed E-state index contributed by atoms with van der Waals surface area (Å²) < 4.78 is 0.